The first-order chi connectivity index (χ1) is 12.6. The Balaban J connectivity index is 0.00000140. The van der Waals surface area contributed by atoms with E-state index in [0.717, 1.165) is 28.6 Å². The molecule has 1 saturated heterocycles. The number of nitrogens with zero attached hydrogens (tertiary/aromatic N) is 4. The summed E-state index contributed by atoms with van der Waals surface area (Å²) in [6, 6.07) is 7.67. The highest BCUT2D eigenvalue weighted by atomic mass is 35.5. The van der Waals surface area contributed by atoms with E-state index < -0.39 is 0 Å². The van der Waals surface area contributed by atoms with E-state index in [0.29, 0.717) is 18.7 Å². The predicted octanol–water partition coefficient (Wildman–Crippen LogP) is 3.48. The molecule has 0 bridgehead atoms. The van der Waals surface area contributed by atoms with E-state index in [-0.39, 0.29) is 36.8 Å². The smallest absolute Gasteiger partial charge is 0.254 e. The van der Waals surface area contributed by atoms with Crippen molar-refractivity contribution in [2.75, 3.05) is 19.6 Å². The third kappa shape index (κ3) is 4.38. The van der Waals surface area contributed by atoms with Crippen LogP contribution in [0.4, 0.5) is 0 Å². The van der Waals surface area contributed by atoms with Crippen molar-refractivity contribution < 1.29 is 4.79 Å². The monoisotopic (exact) mass is 439 g/mol. The summed E-state index contributed by atoms with van der Waals surface area (Å²) in [6.45, 7) is 4.15. The van der Waals surface area contributed by atoms with Gasteiger partial charge in [-0.1, -0.05) is 12.1 Å². The van der Waals surface area contributed by atoms with Crippen LogP contribution in [0.3, 0.4) is 0 Å². The van der Waals surface area contributed by atoms with Crippen LogP contribution in [-0.2, 0) is 7.05 Å². The van der Waals surface area contributed by atoms with Gasteiger partial charge in [0.1, 0.15) is 11.9 Å². The minimum atomic E-state index is -0.0681. The molecule has 1 unspecified atom stereocenters. The summed E-state index contributed by atoms with van der Waals surface area (Å²) >= 11 is 1.62. The lowest BCUT2D eigenvalue weighted by molar-refractivity contribution is 0.0621. The van der Waals surface area contributed by atoms with E-state index in [1.165, 1.54) is 0 Å². The number of thiazole rings is 1. The molecule has 0 radical (unpaired) electrons. The molecule has 0 spiro atoms. The number of benzene rings is 1. The molecule has 1 amide bonds. The summed E-state index contributed by atoms with van der Waals surface area (Å²) in [4.78, 5) is 24.2. The van der Waals surface area contributed by atoms with E-state index in [2.05, 4.69) is 15.3 Å². The lowest BCUT2D eigenvalue weighted by Gasteiger charge is -2.35. The van der Waals surface area contributed by atoms with E-state index in [4.69, 9.17) is 0 Å². The minimum Gasteiger partial charge on any atom is -0.336 e. The number of carbonyl (C=O) groups is 1. The van der Waals surface area contributed by atoms with Crippen LogP contribution in [-0.4, -0.2) is 45.0 Å². The van der Waals surface area contributed by atoms with Gasteiger partial charge in [-0.05, 0) is 19.1 Å². The van der Waals surface area contributed by atoms with Gasteiger partial charge in [0.25, 0.3) is 5.91 Å². The zero-order chi connectivity index (χ0) is 18.1. The number of nitrogens with one attached hydrogen (secondary N) is 1. The number of piperazine rings is 1. The number of amides is 1. The number of halogens is 2. The first-order valence-corrected chi connectivity index (χ1v) is 9.53. The maximum absolute atomic E-state index is 13.2. The van der Waals surface area contributed by atoms with Crippen LogP contribution in [0.25, 0.3) is 11.3 Å². The van der Waals surface area contributed by atoms with E-state index in [1.54, 1.807) is 17.5 Å². The maximum Gasteiger partial charge on any atom is 0.254 e. The van der Waals surface area contributed by atoms with Gasteiger partial charge >= 0.3 is 0 Å². The Hall–Kier alpha value is -1.93. The van der Waals surface area contributed by atoms with Crippen molar-refractivity contribution in [1.29, 1.82) is 0 Å². The predicted molar refractivity (Wildman–Crippen MR) is 117 cm³/mol. The van der Waals surface area contributed by atoms with E-state index in [9.17, 15) is 4.79 Å². The van der Waals surface area contributed by atoms with Crippen molar-refractivity contribution in [2.24, 2.45) is 7.05 Å². The summed E-state index contributed by atoms with van der Waals surface area (Å²) in [7, 11) is 1.96. The Morgan fingerprint density at radius 3 is 2.82 bits per heavy atom. The Labute approximate surface area is 180 Å². The zero-order valence-corrected chi connectivity index (χ0v) is 18.1. The van der Waals surface area contributed by atoms with Gasteiger partial charge in [-0.2, -0.15) is 0 Å². The molecule has 0 saturated carbocycles. The fourth-order valence-electron chi connectivity index (χ4n) is 3.35. The minimum absolute atomic E-state index is 0. The molecule has 1 fully saturated rings. The fourth-order valence-corrected chi connectivity index (χ4v) is 3.97. The average molecular weight is 440 g/mol. The molecule has 3 aromatic rings. The third-order valence-electron chi connectivity index (χ3n) is 4.69. The highest BCUT2D eigenvalue weighted by Gasteiger charge is 2.31. The molecule has 2 aromatic heterocycles. The number of hydrogen-bond donors (Lipinski definition) is 1. The summed E-state index contributed by atoms with van der Waals surface area (Å²) in [5.41, 5.74) is 2.58. The van der Waals surface area contributed by atoms with Crippen LogP contribution < -0.4 is 5.32 Å². The van der Waals surface area contributed by atoms with Crippen molar-refractivity contribution in [2.45, 2.75) is 13.0 Å². The normalized spacial score (nSPS) is 16.2. The Morgan fingerprint density at radius 2 is 2.14 bits per heavy atom. The van der Waals surface area contributed by atoms with E-state index in [1.807, 2.05) is 59.3 Å². The van der Waals surface area contributed by atoms with Crippen molar-refractivity contribution in [3.05, 3.63) is 58.4 Å². The van der Waals surface area contributed by atoms with Crippen molar-refractivity contribution >= 4 is 42.1 Å². The number of hydrogen-bond acceptors (Lipinski definition) is 5. The van der Waals surface area contributed by atoms with Gasteiger partial charge in [0.15, 0.2) is 0 Å². The van der Waals surface area contributed by atoms with Crippen LogP contribution in [0.5, 0.6) is 0 Å². The number of aromatic nitrogens is 3. The van der Waals surface area contributed by atoms with Gasteiger partial charge in [-0.25, -0.2) is 9.97 Å². The standard InChI is InChI=1S/C19H21N5OS.2ClH/c1-13-22-16(12-26-13)14-4-3-5-15(10-14)19(25)24-9-6-20-11-17(24)18-21-7-8-23(18)2;;/h3-5,7-8,10,12,17,20H,6,9,11H2,1-2H3;2*1H. The molecular formula is C19H23Cl2N5OS. The Bertz CT molecular complexity index is 942. The van der Waals surface area contributed by atoms with Gasteiger partial charge in [0.2, 0.25) is 0 Å². The van der Waals surface area contributed by atoms with Gasteiger partial charge in [-0.15, -0.1) is 36.2 Å². The summed E-state index contributed by atoms with van der Waals surface area (Å²) in [6.07, 6.45) is 3.69. The first-order valence-electron chi connectivity index (χ1n) is 8.65. The third-order valence-corrected chi connectivity index (χ3v) is 5.46. The lowest BCUT2D eigenvalue weighted by Crippen LogP contribution is -2.49. The zero-order valence-electron chi connectivity index (χ0n) is 15.7. The molecule has 1 aromatic carbocycles. The summed E-state index contributed by atoms with van der Waals surface area (Å²) in [5.74, 6) is 0.935. The van der Waals surface area contributed by atoms with Crippen LogP contribution in [0.15, 0.2) is 42.0 Å². The summed E-state index contributed by atoms with van der Waals surface area (Å²) in [5, 5.41) is 6.42. The topological polar surface area (TPSA) is 63.1 Å². The molecule has 3 heterocycles. The van der Waals surface area contributed by atoms with E-state index >= 15 is 0 Å². The van der Waals surface area contributed by atoms with Crippen molar-refractivity contribution in [3.8, 4) is 11.3 Å². The van der Waals surface area contributed by atoms with Gasteiger partial charge in [0, 0.05) is 55.6 Å². The molecule has 1 aliphatic heterocycles. The number of carbonyl (C=O) groups excluding carboxylic acids is 1. The molecule has 28 heavy (non-hydrogen) atoms. The molecule has 6 nitrogen and oxygen atoms in total. The second-order valence-corrected chi connectivity index (χ2v) is 7.51. The van der Waals surface area contributed by atoms with Crippen LogP contribution in [0.1, 0.15) is 27.2 Å². The van der Waals surface area contributed by atoms with Crippen molar-refractivity contribution in [1.82, 2.24) is 24.8 Å². The highest BCUT2D eigenvalue weighted by molar-refractivity contribution is 7.09. The SMILES string of the molecule is Cc1nc(-c2cccc(C(=O)N3CCNCC3c3nccn3C)c2)cs1.Cl.Cl. The molecule has 4 rings (SSSR count). The molecule has 1 N–H and O–H groups in total. The molecule has 150 valence electrons. The second-order valence-electron chi connectivity index (χ2n) is 6.45. The van der Waals surface area contributed by atoms with Gasteiger partial charge in [-0.3, -0.25) is 4.79 Å². The largest absolute Gasteiger partial charge is 0.336 e. The van der Waals surface area contributed by atoms with Crippen LogP contribution in [0, 0.1) is 6.92 Å². The van der Waals surface area contributed by atoms with Crippen LogP contribution >= 0.6 is 36.2 Å². The second kappa shape index (κ2) is 9.52. The van der Waals surface area contributed by atoms with Gasteiger partial charge < -0.3 is 14.8 Å². The molecule has 1 aliphatic rings. The quantitative estimate of drug-likeness (QED) is 0.678. The molecular weight excluding hydrogens is 417 g/mol. The first kappa shape index (κ1) is 22.4. The molecule has 9 heteroatoms. The molecule has 1 atom stereocenters. The lowest BCUT2D eigenvalue weighted by atomic mass is 10.1. The fraction of sp³-hybridized carbons (Fsp3) is 0.316. The Kier molecular flexibility index (Phi) is 7.60. The Morgan fingerprint density at radius 1 is 1.32 bits per heavy atom. The number of imidazole rings is 1. The van der Waals surface area contributed by atoms with Crippen molar-refractivity contribution in [3.63, 3.8) is 0 Å². The average Bonchev–Trinajstić information content (AvgIpc) is 3.29. The number of aryl methyl sites for hydroxylation is 2. The van der Waals surface area contributed by atoms with Crippen LogP contribution in [0.2, 0.25) is 0 Å². The highest BCUT2D eigenvalue weighted by Crippen LogP contribution is 2.26. The maximum atomic E-state index is 13.2. The number of rotatable bonds is 3. The summed E-state index contributed by atoms with van der Waals surface area (Å²) < 4.78 is 1.98. The van der Waals surface area contributed by atoms with Gasteiger partial charge in [0.05, 0.1) is 10.7 Å². The molecule has 0 aliphatic carbocycles.